The molecule has 110 valence electrons. The van der Waals surface area contributed by atoms with Crippen molar-refractivity contribution in [2.45, 2.75) is 51.1 Å². The van der Waals surface area contributed by atoms with Gasteiger partial charge >= 0.3 is 0 Å². The number of nitrogens with two attached hydrogens (primary N) is 1. The third kappa shape index (κ3) is 3.31. The van der Waals surface area contributed by atoms with Crippen LogP contribution in [0.4, 0.5) is 5.69 Å². The maximum atomic E-state index is 12.6. The van der Waals surface area contributed by atoms with Crippen LogP contribution in [0.2, 0.25) is 0 Å². The van der Waals surface area contributed by atoms with Crippen molar-refractivity contribution < 1.29 is 9.53 Å². The fraction of sp³-hybridized carbons (Fsp3) is 0.562. The van der Waals surface area contributed by atoms with E-state index in [1.807, 2.05) is 6.92 Å². The molecule has 0 aliphatic heterocycles. The second-order valence-corrected chi connectivity index (χ2v) is 5.43. The lowest BCUT2D eigenvalue weighted by molar-refractivity contribution is 0.0933. The van der Waals surface area contributed by atoms with E-state index < -0.39 is 0 Å². The zero-order chi connectivity index (χ0) is 14.5. The minimum absolute atomic E-state index is 0.119. The van der Waals surface area contributed by atoms with Crippen LogP contribution in [0, 0.1) is 0 Å². The van der Waals surface area contributed by atoms with Crippen molar-refractivity contribution in [3.8, 4) is 5.75 Å². The standard InChI is InChI=1S/C16H24N2O2/c1-3-14(18-12-6-4-5-7-12)16(19)11-8-9-15(20-2)13(17)10-11/h8-10,12,14,18H,3-7,17H2,1-2H3. The third-order valence-electron chi connectivity index (χ3n) is 4.03. The van der Waals surface area contributed by atoms with Gasteiger partial charge in [-0.1, -0.05) is 19.8 Å². The van der Waals surface area contributed by atoms with Gasteiger partial charge in [-0.3, -0.25) is 4.79 Å². The molecule has 3 N–H and O–H groups in total. The van der Waals surface area contributed by atoms with Crippen molar-refractivity contribution in [3.05, 3.63) is 23.8 Å². The van der Waals surface area contributed by atoms with Gasteiger partial charge in [-0.05, 0) is 37.5 Å². The zero-order valence-corrected chi connectivity index (χ0v) is 12.3. The van der Waals surface area contributed by atoms with Crippen LogP contribution >= 0.6 is 0 Å². The molecule has 1 fully saturated rings. The number of nitrogens with one attached hydrogen (secondary N) is 1. The summed E-state index contributed by atoms with van der Waals surface area (Å²) in [4.78, 5) is 12.6. The molecule has 0 radical (unpaired) electrons. The molecule has 1 atom stereocenters. The molecule has 2 rings (SSSR count). The number of anilines is 1. The Morgan fingerprint density at radius 1 is 1.45 bits per heavy atom. The minimum atomic E-state index is -0.120. The number of carbonyl (C=O) groups excluding carboxylic acids is 1. The van der Waals surface area contributed by atoms with Gasteiger partial charge < -0.3 is 15.8 Å². The number of benzene rings is 1. The summed E-state index contributed by atoms with van der Waals surface area (Å²) in [6, 6.07) is 5.62. The maximum Gasteiger partial charge on any atom is 0.179 e. The van der Waals surface area contributed by atoms with Crippen LogP contribution in [-0.2, 0) is 0 Å². The summed E-state index contributed by atoms with van der Waals surface area (Å²) < 4.78 is 5.12. The molecule has 1 aliphatic carbocycles. The van der Waals surface area contributed by atoms with Gasteiger partial charge in [-0.15, -0.1) is 0 Å². The molecule has 0 saturated heterocycles. The molecular formula is C16H24N2O2. The summed E-state index contributed by atoms with van der Waals surface area (Å²) in [6.07, 6.45) is 5.67. The number of rotatable bonds is 6. The first-order valence-corrected chi connectivity index (χ1v) is 7.39. The van der Waals surface area contributed by atoms with Gasteiger partial charge in [0, 0.05) is 11.6 Å². The highest BCUT2D eigenvalue weighted by atomic mass is 16.5. The number of nitrogen functional groups attached to an aromatic ring is 1. The van der Waals surface area contributed by atoms with E-state index in [9.17, 15) is 4.79 Å². The first-order valence-electron chi connectivity index (χ1n) is 7.39. The van der Waals surface area contributed by atoms with E-state index in [4.69, 9.17) is 10.5 Å². The molecule has 1 unspecified atom stereocenters. The van der Waals surface area contributed by atoms with Gasteiger partial charge in [-0.25, -0.2) is 0 Å². The van der Waals surface area contributed by atoms with E-state index in [0.717, 1.165) is 6.42 Å². The van der Waals surface area contributed by atoms with Crippen LogP contribution in [-0.4, -0.2) is 25.0 Å². The highest BCUT2D eigenvalue weighted by Gasteiger charge is 2.24. The number of ether oxygens (including phenoxy) is 1. The first kappa shape index (κ1) is 14.9. The van der Waals surface area contributed by atoms with Crippen molar-refractivity contribution in [1.82, 2.24) is 5.32 Å². The fourth-order valence-corrected chi connectivity index (χ4v) is 2.84. The molecule has 20 heavy (non-hydrogen) atoms. The molecule has 1 aromatic rings. The molecule has 4 nitrogen and oxygen atoms in total. The lowest BCUT2D eigenvalue weighted by atomic mass is 10.00. The van der Waals surface area contributed by atoms with Crippen LogP contribution in [0.5, 0.6) is 5.75 Å². The lowest BCUT2D eigenvalue weighted by Crippen LogP contribution is -2.41. The van der Waals surface area contributed by atoms with E-state index >= 15 is 0 Å². The number of Topliss-reactive ketones (excluding diaryl/α,β-unsaturated/α-hetero) is 1. The number of carbonyl (C=O) groups is 1. The average molecular weight is 276 g/mol. The number of hydrogen-bond acceptors (Lipinski definition) is 4. The molecule has 4 heteroatoms. The molecular weight excluding hydrogens is 252 g/mol. The molecule has 0 aromatic heterocycles. The van der Waals surface area contributed by atoms with Crippen molar-refractivity contribution in [3.63, 3.8) is 0 Å². The van der Waals surface area contributed by atoms with Crippen molar-refractivity contribution in [2.75, 3.05) is 12.8 Å². The Morgan fingerprint density at radius 3 is 2.70 bits per heavy atom. The first-order chi connectivity index (χ1) is 9.65. The van der Waals surface area contributed by atoms with Crippen LogP contribution in [0.25, 0.3) is 0 Å². The largest absolute Gasteiger partial charge is 0.495 e. The Morgan fingerprint density at radius 2 is 2.15 bits per heavy atom. The van der Waals surface area contributed by atoms with E-state index in [-0.39, 0.29) is 11.8 Å². The highest BCUT2D eigenvalue weighted by Crippen LogP contribution is 2.24. The Hall–Kier alpha value is -1.55. The second-order valence-electron chi connectivity index (χ2n) is 5.43. The normalized spacial score (nSPS) is 17.1. The average Bonchev–Trinajstić information content (AvgIpc) is 2.97. The van der Waals surface area contributed by atoms with E-state index in [2.05, 4.69) is 5.32 Å². The summed E-state index contributed by atoms with van der Waals surface area (Å²) in [5.41, 5.74) is 7.04. The van der Waals surface area contributed by atoms with Gasteiger partial charge in [0.2, 0.25) is 0 Å². The predicted octanol–water partition coefficient (Wildman–Crippen LogP) is 2.77. The SMILES string of the molecule is CCC(NC1CCCC1)C(=O)c1ccc(OC)c(N)c1. The molecule has 1 saturated carbocycles. The summed E-state index contributed by atoms with van der Waals surface area (Å²) in [5.74, 6) is 0.729. The fourth-order valence-electron chi connectivity index (χ4n) is 2.84. The van der Waals surface area contributed by atoms with E-state index in [1.165, 1.54) is 25.7 Å². The summed E-state index contributed by atoms with van der Waals surface area (Å²) >= 11 is 0. The predicted molar refractivity (Wildman–Crippen MR) is 81.2 cm³/mol. The highest BCUT2D eigenvalue weighted by molar-refractivity contribution is 6.01. The number of methoxy groups -OCH3 is 1. The Bertz CT molecular complexity index is 468. The van der Waals surface area contributed by atoms with Crippen LogP contribution in [0.1, 0.15) is 49.4 Å². The molecule has 0 bridgehead atoms. The molecule has 0 amide bonds. The quantitative estimate of drug-likeness (QED) is 0.619. The smallest absolute Gasteiger partial charge is 0.179 e. The van der Waals surface area contributed by atoms with Gasteiger partial charge in [0.25, 0.3) is 0 Å². The topological polar surface area (TPSA) is 64.3 Å². The van der Waals surface area contributed by atoms with Crippen molar-refractivity contribution >= 4 is 11.5 Å². The van der Waals surface area contributed by atoms with E-state index in [0.29, 0.717) is 23.0 Å². The number of ketones is 1. The molecule has 0 spiro atoms. The monoisotopic (exact) mass is 276 g/mol. The minimum Gasteiger partial charge on any atom is -0.495 e. The second kappa shape index (κ2) is 6.75. The molecule has 1 aliphatic rings. The van der Waals surface area contributed by atoms with Gasteiger partial charge in [0.05, 0.1) is 18.8 Å². The van der Waals surface area contributed by atoms with Crippen molar-refractivity contribution in [2.24, 2.45) is 0 Å². The maximum absolute atomic E-state index is 12.6. The Labute approximate surface area is 120 Å². The van der Waals surface area contributed by atoms with Crippen molar-refractivity contribution in [1.29, 1.82) is 0 Å². The summed E-state index contributed by atoms with van der Waals surface area (Å²) in [7, 11) is 1.57. The Kier molecular flexibility index (Phi) is 5.01. The zero-order valence-electron chi connectivity index (χ0n) is 12.3. The van der Waals surface area contributed by atoms with E-state index in [1.54, 1.807) is 25.3 Å². The van der Waals surface area contributed by atoms with Crippen LogP contribution in [0.3, 0.4) is 0 Å². The van der Waals surface area contributed by atoms with Gasteiger partial charge in [0.1, 0.15) is 5.75 Å². The van der Waals surface area contributed by atoms with Gasteiger partial charge in [-0.2, -0.15) is 0 Å². The third-order valence-corrected chi connectivity index (χ3v) is 4.03. The number of hydrogen-bond donors (Lipinski definition) is 2. The van der Waals surface area contributed by atoms with Crippen LogP contribution < -0.4 is 15.8 Å². The molecule has 1 aromatic carbocycles. The summed E-state index contributed by atoms with van der Waals surface area (Å²) in [5, 5.41) is 3.49. The lowest BCUT2D eigenvalue weighted by Gasteiger charge is -2.21. The van der Waals surface area contributed by atoms with Crippen LogP contribution in [0.15, 0.2) is 18.2 Å². The Balaban J connectivity index is 2.09. The molecule has 0 heterocycles. The van der Waals surface area contributed by atoms with Gasteiger partial charge in [0.15, 0.2) is 5.78 Å². The summed E-state index contributed by atoms with van der Waals surface area (Å²) in [6.45, 7) is 2.04.